The molecule has 0 spiro atoms. The lowest BCUT2D eigenvalue weighted by molar-refractivity contribution is -0.146. The Morgan fingerprint density at radius 3 is 1.49 bits per heavy atom. The van der Waals surface area contributed by atoms with Crippen molar-refractivity contribution >= 4 is 5.97 Å². The van der Waals surface area contributed by atoms with Crippen molar-refractivity contribution in [3.63, 3.8) is 0 Å². The third-order valence-electron chi connectivity index (χ3n) is 8.27. The second-order valence-corrected chi connectivity index (χ2v) is 10.2. The number of hydrogen-bond donors (Lipinski definition) is 1. The maximum absolute atomic E-state index is 12.4. The molecule has 1 aliphatic heterocycles. The predicted octanol–water partition coefficient (Wildman–Crippen LogP) is 6.92. The van der Waals surface area contributed by atoms with E-state index in [2.05, 4.69) is 95.9 Å². The Bertz CT molecular complexity index is 1170. The van der Waals surface area contributed by atoms with Crippen LogP contribution in [0.15, 0.2) is 121 Å². The van der Waals surface area contributed by atoms with Gasteiger partial charge in [0.15, 0.2) is 0 Å². The van der Waals surface area contributed by atoms with Crippen LogP contribution in [0.2, 0.25) is 0 Å². The molecule has 0 amide bonds. The zero-order chi connectivity index (χ0) is 25.6. The third kappa shape index (κ3) is 4.97. The highest BCUT2D eigenvalue weighted by Crippen LogP contribution is 2.43. The van der Waals surface area contributed by atoms with Crippen LogP contribution in [0, 0.1) is 0 Å². The molecule has 5 rings (SSSR count). The Hall–Kier alpha value is -3.69. The largest absolute Gasteiger partial charge is 0.481 e. The van der Waals surface area contributed by atoms with Crippen LogP contribution in [0.4, 0.5) is 0 Å². The number of hydrogen-bond acceptors (Lipinski definition) is 2. The van der Waals surface area contributed by atoms with Gasteiger partial charge in [-0.25, -0.2) is 0 Å². The molecule has 37 heavy (non-hydrogen) atoms. The van der Waals surface area contributed by atoms with Gasteiger partial charge in [0.05, 0.1) is 5.41 Å². The Morgan fingerprint density at radius 1 is 0.676 bits per heavy atom. The lowest BCUT2D eigenvalue weighted by Crippen LogP contribution is -2.47. The van der Waals surface area contributed by atoms with E-state index < -0.39 is 11.4 Å². The van der Waals surface area contributed by atoms with Crippen LogP contribution < -0.4 is 0 Å². The van der Waals surface area contributed by atoms with Crippen LogP contribution >= 0.6 is 0 Å². The molecule has 0 saturated carbocycles. The number of rotatable bonds is 9. The van der Waals surface area contributed by atoms with Crippen molar-refractivity contribution < 1.29 is 9.90 Å². The zero-order valence-electron chi connectivity index (χ0n) is 21.3. The van der Waals surface area contributed by atoms with E-state index in [9.17, 15) is 9.90 Å². The predicted molar refractivity (Wildman–Crippen MR) is 150 cm³/mol. The van der Waals surface area contributed by atoms with E-state index in [0.717, 1.165) is 38.0 Å². The number of benzene rings is 4. The first kappa shape index (κ1) is 25.0. The Morgan fingerprint density at radius 2 is 1.08 bits per heavy atom. The van der Waals surface area contributed by atoms with E-state index in [0.29, 0.717) is 12.8 Å². The number of aliphatic carboxylic acids is 1. The molecular formula is C34H35NO2. The number of carboxylic acid groups (broad SMARTS) is 1. The fourth-order valence-electron chi connectivity index (χ4n) is 6.21. The summed E-state index contributed by atoms with van der Waals surface area (Å²) in [5, 5.41) is 10.2. The number of likely N-dealkylation sites (tertiary alicyclic amines) is 1. The van der Waals surface area contributed by atoms with Gasteiger partial charge < -0.3 is 10.0 Å². The van der Waals surface area contributed by atoms with E-state index in [4.69, 9.17) is 0 Å². The second kappa shape index (κ2) is 11.1. The van der Waals surface area contributed by atoms with Gasteiger partial charge in [0.2, 0.25) is 0 Å². The average molecular weight is 490 g/mol. The minimum absolute atomic E-state index is 0.242. The van der Waals surface area contributed by atoms with Crippen LogP contribution in [0.5, 0.6) is 0 Å². The molecule has 4 aromatic rings. The Labute approximate surface area is 220 Å². The van der Waals surface area contributed by atoms with Crippen LogP contribution in [-0.4, -0.2) is 35.6 Å². The quantitative estimate of drug-likeness (QED) is 0.260. The van der Waals surface area contributed by atoms with Gasteiger partial charge >= 0.3 is 5.97 Å². The van der Waals surface area contributed by atoms with Crippen molar-refractivity contribution in [1.29, 1.82) is 0 Å². The molecule has 1 fully saturated rings. The summed E-state index contributed by atoms with van der Waals surface area (Å²) in [6.07, 6.45) is 3.29. The second-order valence-electron chi connectivity index (χ2n) is 10.2. The summed E-state index contributed by atoms with van der Waals surface area (Å²) < 4.78 is 0. The summed E-state index contributed by atoms with van der Waals surface area (Å²) >= 11 is 0. The molecule has 0 radical (unpaired) electrons. The standard InChI is InChI=1S/C34H35NO2/c36-32(37)33(28-14-5-1-6-15-28)23-26-35(27-24-33)25-13-22-34(29-16-7-2-8-17-29,30-18-9-3-10-19-30)31-20-11-4-12-21-31/h1-12,14-21H,13,22-27H2,(H,36,37). The SMILES string of the molecule is O=C(O)C1(c2ccccc2)CCN(CCCC(c2ccccc2)(c2ccccc2)c2ccccc2)CC1. The van der Waals surface area contributed by atoms with Gasteiger partial charge in [-0.05, 0) is 67.6 Å². The van der Waals surface area contributed by atoms with E-state index in [-0.39, 0.29) is 5.41 Å². The van der Waals surface area contributed by atoms with Crippen molar-refractivity contribution in [2.45, 2.75) is 36.5 Å². The molecule has 1 heterocycles. The van der Waals surface area contributed by atoms with Crippen molar-refractivity contribution in [1.82, 2.24) is 4.90 Å². The molecule has 1 saturated heterocycles. The first-order chi connectivity index (χ1) is 18.1. The Kier molecular flexibility index (Phi) is 7.52. The zero-order valence-corrected chi connectivity index (χ0v) is 21.3. The smallest absolute Gasteiger partial charge is 0.314 e. The summed E-state index contributed by atoms with van der Waals surface area (Å²) in [4.78, 5) is 14.8. The molecule has 1 aliphatic rings. The summed E-state index contributed by atoms with van der Waals surface area (Å²) in [6.45, 7) is 2.56. The maximum atomic E-state index is 12.4. The fourth-order valence-corrected chi connectivity index (χ4v) is 6.21. The molecule has 0 aliphatic carbocycles. The highest BCUT2D eigenvalue weighted by Gasteiger charge is 2.43. The lowest BCUT2D eigenvalue weighted by atomic mass is 9.66. The van der Waals surface area contributed by atoms with Gasteiger partial charge in [-0.1, -0.05) is 121 Å². The van der Waals surface area contributed by atoms with Crippen molar-refractivity contribution in [2.75, 3.05) is 19.6 Å². The maximum Gasteiger partial charge on any atom is 0.314 e. The van der Waals surface area contributed by atoms with Crippen LogP contribution in [0.1, 0.15) is 47.9 Å². The molecule has 1 N–H and O–H groups in total. The molecule has 0 unspecified atom stereocenters. The average Bonchev–Trinajstić information content (AvgIpc) is 2.97. The first-order valence-electron chi connectivity index (χ1n) is 13.3. The molecule has 0 atom stereocenters. The molecular weight excluding hydrogens is 454 g/mol. The highest BCUT2D eigenvalue weighted by atomic mass is 16.4. The normalized spacial score (nSPS) is 15.8. The van der Waals surface area contributed by atoms with Crippen molar-refractivity contribution in [3.8, 4) is 0 Å². The van der Waals surface area contributed by atoms with E-state index in [1.165, 1.54) is 16.7 Å². The summed E-state index contributed by atoms with van der Waals surface area (Å²) in [5.74, 6) is -0.699. The van der Waals surface area contributed by atoms with Crippen LogP contribution in [0.3, 0.4) is 0 Å². The fraction of sp³-hybridized carbons (Fsp3) is 0.265. The molecule has 4 aromatic carbocycles. The van der Waals surface area contributed by atoms with Crippen molar-refractivity contribution in [3.05, 3.63) is 144 Å². The molecule has 3 heteroatoms. The molecule has 188 valence electrons. The van der Waals surface area contributed by atoms with Crippen LogP contribution in [-0.2, 0) is 15.6 Å². The minimum atomic E-state index is -0.778. The van der Waals surface area contributed by atoms with Crippen LogP contribution in [0.25, 0.3) is 0 Å². The summed E-state index contributed by atoms with van der Waals surface area (Å²) in [7, 11) is 0. The minimum Gasteiger partial charge on any atom is -0.481 e. The van der Waals surface area contributed by atoms with E-state index in [1.54, 1.807) is 0 Å². The first-order valence-corrected chi connectivity index (χ1v) is 13.3. The molecule has 3 nitrogen and oxygen atoms in total. The van der Waals surface area contributed by atoms with Crippen molar-refractivity contribution in [2.24, 2.45) is 0 Å². The summed E-state index contributed by atoms with van der Waals surface area (Å²) in [6, 6.07) is 42.4. The van der Waals surface area contributed by atoms with E-state index >= 15 is 0 Å². The highest BCUT2D eigenvalue weighted by molar-refractivity contribution is 5.81. The third-order valence-corrected chi connectivity index (χ3v) is 8.27. The number of nitrogens with zero attached hydrogens (tertiary/aromatic N) is 1. The number of carboxylic acids is 1. The van der Waals surface area contributed by atoms with Gasteiger partial charge in [0.1, 0.15) is 0 Å². The lowest BCUT2D eigenvalue weighted by Gasteiger charge is -2.40. The summed E-state index contributed by atoms with van der Waals surface area (Å²) in [5.41, 5.74) is 3.83. The topological polar surface area (TPSA) is 40.5 Å². The molecule has 0 aromatic heterocycles. The van der Waals surface area contributed by atoms with Gasteiger partial charge in [-0.15, -0.1) is 0 Å². The number of carbonyl (C=O) groups is 1. The monoisotopic (exact) mass is 489 g/mol. The van der Waals surface area contributed by atoms with Gasteiger partial charge in [-0.2, -0.15) is 0 Å². The number of piperidine rings is 1. The van der Waals surface area contributed by atoms with Gasteiger partial charge in [0.25, 0.3) is 0 Å². The van der Waals surface area contributed by atoms with E-state index in [1.807, 2.05) is 30.3 Å². The Balaban J connectivity index is 1.37. The van der Waals surface area contributed by atoms with Gasteiger partial charge in [-0.3, -0.25) is 4.79 Å². The van der Waals surface area contributed by atoms with Gasteiger partial charge in [0, 0.05) is 5.41 Å². The molecule has 0 bridgehead atoms.